The number of hydrogen-bond acceptors (Lipinski definition) is 4. The van der Waals surface area contributed by atoms with E-state index in [4.69, 9.17) is 9.84 Å². The van der Waals surface area contributed by atoms with E-state index in [1.807, 2.05) is 4.90 Å². The summed E-state index contributed by atoms with van der Waals surface area (Å²) in [7, 11) is 1.71. The molecule has 7 nitrogen and oxygen atoms in total. The molecule has 1 saturated heterocycles. The number of urea groups is 1. The number of piperazine rings is 1. The van der Waals surface area contributed by atoms with Crippen molar-refractivity contribution < 1.29 is 19.4 Å². The van der Waals surface area contributed by atoms with E-state index in [9.17, 15) is 9.59 Å². The Morgan fingerprint density at radius 2 is 2.00 bits per heavy atom. The minimum absolute atomic E-state index is 0.0696. The van der Waals surface area contributed by atoms with Crippen LogP contribution in [0, 0.1) is 0 Å². The Kier molecular flexibility index (Phi) is 7.87. The van der Waals surface area contributed by atoms with Crippen molar-refractivity contribution in [2.45, 2.75) is 32.4 Å². The van der Waals surface area contributed by atoms with Gasteiger partial charge in [0.05, 0.1) is 12.2 Å². The van der Waals surface area contributed by atoms with Gasteiger partial charge in [0.1, 0.15) is 0 Å². The molecule has 0 saturated carbocycles. The number of carbonyl (C=O) groups is 2. The number of hydrogen-bond donors (Lipinski definition) is 2. The van der Waals surface area contributed by atoms with Gasteiger partial charge in [-0.1, -0.05) is 25.5 Å². The third-order valence-electron chi connectivity index (χ3n) is 4.74. The zero-order chi connectivity index (χ0) is 18.9. The summed E-state index contributed by atoms with van der Waals surface area (Å²) >= 11 is 0. The number of aromatic carboxylic acids is 1. The van der Waals surface area contributed by atoms with E-state index in [1.54, 1.807) is 31.4 Å². The van der Waals surface area contributed by atoms with Crippen LogP contribution in [-0.2, 0) is 11.3 Å². The highest BCUT2D eigenvalue weighted by molar-refractivity contribution is 5.87. The fourth-order valence-corrected chi connectivity index (χ4v) is 3.24. The Balaban J connectivity index is 1.85. The second kappa shape index (κ2) is 10.1. The topological polar surface area (TPSA) is 82.1 Å². The van der Waals surface area contributed by atoms with E-state index in [0.717, 1.165) is 38.0 Å². The summed E-state index contributed by atoms with van der Waals surface area (Å²) in [6.07, 6.45) is 2.14. The van der Waals surface area contributed by atoms with Gasteiger partial charge in [0.2, 0.25) is 0 Å². The van der Waals surface area contributed by atoms with Gasteiger partial charge in [-0.25, -0.2) is 9.59 Å². The average Bonchev–Trinajstić information content (AvgIpc) is 2.65. The molecule has 1 aromatic rings. The molecule has 2 rings (SSSR count). The third kappa shape index (κ3) is 5.71. The molecule has 1 heterocycles. The second-order valence-corrected chi connectivity index (χ2v) is 6.58. The minimum atomic E-state index is -0.950. The van der Waals surface area contributed by atoms with Crippen molar-refractivity contribution in [1.29, 1.82) is 0 Å². The minimum Gasteiger partial charge on any atom is -0.478 e. The molecule has 0 bridgehead atoms. The second-order valence-electron chi connectivity index (χ2n) is 6.58. The van der Waals surface area contributed by atoms with Crippen molar-refractivity contribution in [3.05, 3.63) is 35.4 Å². The zero-order valence-electron chi connectivity index (χ0n) is 15.6. The van der Waals surface area contributed by atoms with E-state index in [-0.39, 0.29) is 11.6 Å². The number of nitrogens with zero attached hydrogens (tertiary/aromatic N) is 2. The first-order valence-electron chi connectivity index (χ1n) is 9.13. The van der Waals surface area contributed by atoms with E-state index >= 15 is 0 Å². The lowest BCUT2D eigenvalue weighted by Crippen LogP contribution is -2.57. The molecule has 0 radical (unpaired) electrons. The molecule has 7 heteroatoms. The monoisotopic (exact) mass is 363 g/mol. The van der Waals surface area contributed by atoms with Crippen LogP contribution in [0.4, 0.5) is 4.79 Å². The van der Waals surface area contributed by atoms with Gasteiger partial charge in [-0.2, -0.15) is 0 Å². The Hall–Kier alpha value is -2.12. The van der Waals surface area contributed by atoms with E-state index < -0.39 is 5.97 Å². The van der Waals surface area contributed by atoms with Crippen LogP contribution in [0.1, 0.15) is 35.7 Å². The van der Waals surface area contributed by atoms with Crippen molar-refractivity contribution in [2.24, 2.45) is 0 Å². The molecule has 0 aromatic heterocycles. The van der Waals surface area contributed by atoms with Crippen LogP contribution in [-0.4, -0.2) is 72.8 Å². The van der Waals surface area contributed by atoms with Gasteiger partial charge < -0.3 is 20.1 Å². The molecule has 1 unspecified atom stereocenters. The average molecular weight is 363 g/mol. The van der Waals surface area contributed by atoms with Crippen molar-refractivity contribution in [2.75, 3.05) is 39.9 Å². The highest BCUT2D eigenvalue weighted by Gasteiger charge is 2.28. The Morgan fingerprint density at radius 1 is 1.27 bits per heavy atom. The van der Waals surface area contributed by atoms with Crippen molar-refractivity contribution >= 4 is 12.0 Å². The Labute approximate surface area is 154 Å². The Morgan fingerprint density at radius 3 is 2.62 bits per heavy atom. The number of carboxylic acid groups (broad SMARTS) is 1. The molecule has 1 atom stereocenters. The lowest BCUT2D eigenvalue weighted by molar-refractivity contribution is 0.0600. The summed E-state index contributed by atoms with van der Waals surface area (Å²) in [6.45, 7) is 6.43. The van der Waals surface area contributed by atoms with Crippen LogP contribution in [0.2, 0.25) is 0 Å². The molecule has 0 spiro atoms. The number of amides is 2. The molecule has 1 aliphatic heterocycles. The largest absolute Gasteiger partial charge is 0.478 e. The number of benzene rings is 1. The number of rotatable bonds is 8. The van der Waals surface area contributed by atoms with Crippen LogP contribution in [0.5, 0.6) is 0 Å². The maximum atomic E-state index is 12.5. The molecule has 144 valence electrons. The standard InChI is InChI=1S/C19H29N3O4/c1-3-4-17-14-22(10-9-21(17)11-12-26-2)19(25)20-13-15-5-7-16(8-6-15)18(23)24/h5-8,17H,3-4,9-14H2,1-2H3,(H,20,25)(H,23,24). The molecular weight excluding hydrogens is 334 g/mol. The van der Waals surface area contributed by atoms with Crippen LogP contribution in [0.25, 0.3) is 0 Å². The van der Waals surface area contributed by atoms with Gasteiger partial charge in [0.15, 0.2) is 0 Å². The number of carbonyl (C=O) groups excluding carboxylic acids is 1. The van der Waals surface area contributed by atoms with Crippen molar-refractivity contribution in [1.82, 2.24) is 15.1 Å². The lowest BCUT2D eigenvalue weighted by atomic mass is 10.1. The number of ether oxygens (including phenoxy) is 1. The third-order valence-corrected chi connectivity index (χ3v) is 4.74. The predicted octanol–water partition coefficient (Wildman–Crippen LogP) is 2.03. The summed E-state index contributed by atoms with van der Waals surface area (Å²) in [6, 6.07) is 6.86. The van der Waals surface area contributed by atoms with Gasteiger partial charge in [0, 0.05) is 45.9 Å². The maximum Gasteiger partial charge on any atom is 0.335 e. The molecule has 1 aliphatic rings. The highest BCUT2D eigenvalue weighted by atomic mass is 16.5. The Bertz CT molecular complexity index is 591. The molecule has 0 aliphatic carbocycles. The quantitative estimate of drug-likeness (QED) is 0.738. The van der Waals surface area contributed by atoms with Gasteiger partial charge in [-0.05, 0) is 24.1 Å². The molecule has 2 N–H and O–H groups in total. The normalized spacial score (nSPS) is 17.9. The highest BCUT2D eigenvalue weighted by Crippen LogP contribution is 2.15. The van der Waals surface area contributed by atoms with Gasteiger partial charge in [-0.15, -0.1) is 0 Å². The summed E-state index contributed by atoms with van der Waals surface area (Å²) in [4.78, 5) is 27.6. The smallest absolute Gasteiger partial charge is 0.335 e. The number of nitrogens with one attached hydrogen (secondary N) is 1. The number of carboxylic acids is 1. The molecule has 1 aromatic carbocycles. The summed E-state index contributed by atoms with van der Waals surface area (Å²) in [5.74, 6) is -0.950. The van der Waals surface area contributed by atoms with Gasteiger partial charge in [-0.3, -0.25) is 4.90 Å². The lowest BCUT2D eigenvalue weighted by Gasteiger charge is -2.41. The van der Waals surface area contributed by atoms with Crippen molar-refractivity contribution in [3.8, 4) is 0 Å². The molecule has 1 fully saturated rings. The molecule has 26 heavy (non-hydrogen) atoms. The van der Waals surface area contributed by atoms with Crippen molar-refractivity contribution in [3.63, 3.8) is 0 Å². The summed E-state index contributed by atoms with van der Waals surface area (Å²) in [5, 5.41) is 11.9. The zero-order valence-corrected chi connectivity index (χ0v) is 15.6. The van der Waals surface area contributed by atoms with Gasteiger partial charge >= 0.3 is 12.0 Å². The first-order chi connectivity index (χ1) is 12.5. The molecular formula is C19H29N3O4. The van der Waals surface area contributed by atoms with Crippen LogP contribution < -0.4 is 5.32 Å². The SMILES string of the molecule is CCCC1CN(C(=O)NCc2ccc(C(=O)O)cc2)CCN1CCOC. The van der Waals surface area contributed by atoms with Crippen LogP contribution in [0.3, 0.4) is 0 Å². The number of methoxy groups -OCH3 is 1. The first kappa shape index (κ1) is 20.2. The first-order valence-corrected chi connectivity index (χ1v) is 9.13. The van der Waals surface area contributed by atoms with Crippen LogP contribution in [0.15, 0.2) is 24.3 Å². The summed E-state index contributed by atoms with van der Waals surface area (Å²) in [5.41, 5.74) is 1.13. The fourth-order valence-electron chi connectivity index (χ4n) is 3.24. The van der Waals surface area contributed by atoms with Gasteiger partial charge in [0.25, 0.3) is 0 Å². The van der Waals surface area contributed by atoms with Crippen LogP contribution >= 0.6 is 0 Å². The van der Waals surface area contributed by atoms with E-state index in [1.165, 1.54) is 0 Å². The maximum absolute atomic E-state index is 12.5. The predicted molar refractivity (Wildman–Crippen MR) is 99.4 cm³/mol. The fraction of sp³-hybridized carbons (Fsp3) is 0.579. The molecule has 2 amide bonds. The van der Waals surface area contributed by atoms with E-state index in [0.29, 0.717) is 25.7 Å². The summed E-state index contributed by atoms with van der Waals surface area (Å²) < 4.78 is 5.18. The van der Waals surface area contributed by atoms with E-state index in [2.05, 4.69) is 17.1 Å².